The molecule has 0 atom stereocenters. The molecule has 2 fully saturated rings. The van der Waals surface area contributed by atoms with E-state index in [4.69, 9.17) is 21.9 Å². The van der Waals surface area contributed by atoms with Gasteiger partial charge < -0.3 is 9.64 Å². The number of aromatic nitrogens is 2. The third-order valence-electron chi connectivity index (χ3n) is 4.76. The molecular formula is C19H20N4O3S2. The summed E-state index contributed by atoms with van der Waals surface area (Å²) in [5, 5.41) is 0. The average Bonchev–Trinajstić information content (AvgIpc) is 2.97. The number of hydrogen-bond donors (Lipinski definition) is 0. The van der Waals surface area contributed by atoms with Crippen molar-refractivity contribution in [2.75, 3.05) is 37.7 Å². The highest BCUT2D eigenvalue weighted by Gasteiger charge is 2.32. The lowest BCUT2D eigenvalue weighted by molar-refractivity contribution is -0.121. The number of morpholine rings is 1. The molecule has 2 aliphatic rings. The highest BCUT2D eigenvalue weighted by atomic mass is 32.2. The molecule has 2 saturated heterocycles. The van der Waals surface area contributed by atoms with E-state index in [1.807, 2.05) is 30.9 Å². The SMILES string of the molecule is CCN1C(=O)/C(=C/c2c(N3CCOCC3)nc3ccc(C)cn3c2=O)SC1=S. The van der Waals surface area contributed by atoms with Crippen LogP contribution in [0.25, 0.3) is 11.7 Å². The summed E-state index contributed by atoms with van der Waals surface area (Å²) < 4.78 is 7.48. The number of anilines is 1. The molecule has 2 aromatic rings. The number of ether oxygens (including phenoxy) is 1. The van der Waals surface area contributed by atoms with E-state index in [1.165, 1.54) is 21.1 Å². The molecule has 146 valence electrons. The predicted molar refractivity (Wildman–Crippen MR) is 115 cm³/mol. The van der Waals surface area contributed by atoms with Gasteiger partial charge in [0.1, 0.15) is 15.8 Å². The van der Waals surface area contributed by atoms with E-state index >= 15 is 0 Å². The second-order valence-corrected chi connectivity index (χ2v) is 8.29. The fourth-order valence-electron chi connectivity index (χ4n) is 3.29. The van der Waals surface area contributed by atoms with E-state index in [0.717, 1.165) is 5.56 Å². The van der Waals surface area contributed by atoms with Crippen molar-refractivity contribution in [3.63, 3.8) is 0 Å². The molecule has 4 rings (SSSR count). The first-order chi connectivity index (χ1) is 13.5. The highest BCUT2D eigenvalue weighted by Crippen LogP contribution is 2.33. The maximum absolute atomic E-state index is 13.3. The minimum atomic E-state index is -0.197. The van der Waals surface area contributed by atoms with Crippen molar-refractivity contribution < 1.29 is 9.53 Å². The molecule has 4 heterocycles. The van der Waals surface area contributed by atoms with Gasteiger partial charge in [0.05, 0.1) is 23.7 Å². The van der Waals surface area contributed by atoms with Crippen LogP contribution in [0.2, 0.25) is 0 Å². The molecule has 28 heavy (non-hydrogen) atoms. The number of aryl methyl sites for hydroxylation is 1. The summed E-state index contributed by atoms with van der Waals surface area (Å²) in [5.41, 5.74) is 1.74. The number of rotatable bonds is 3. The zero-order chi connectivity index (χ0) is 19.8. The first-order valence-corrected chi connectivity index (χ1v) is 10.3. The lowest BCUT2D eigenvalue weighted by atomic mass is 10.2. The molecule has 0 unspecified atom stereocenters. The maximum atomic E-state index is 13.3. The van der Waals surface area contributed by atoms with Crippen LogP contribution < -0.4 is 10.5 Å². The number of fused-ring (bicyclic) bond motifs is 1. The summed E-state index contributed by atoms with van der Waals surface area (Å²) in [6.07, 6.45) is 3.41. The van der Waals surface area contributed by atoms with Gasteiger partial charge in [-0.25, -0.2) is 4.98 Å². The molecule has 0 saturated carbocycles. The van der Waals surface area contributed by atoms with Crippen molar-refractivity contribution >= 4 is 51.7 Å². The molecular weight excluding hydrogens is 396 g/mol. The van der Waals surface area contributed by atoms with Gasteiger partial charge in [-0.05, 0) is 31.6 Å². The Balaban J connectivity index is 1.91. The Bertz CT molecular complexity index is 1060. The summed E-state index contributed by atoms with van der Waals surface area (Å²) in [4.78, 5) is 34.8. The molecule has 1 amide bonds. The highest BCUT2D eigenvalue weighted by molar-refractivity contribution is 8.26. The molecule has 9 heteroatoms. The van der Waals surface area contributed by atoms with Crippen LogP contribution in [0.3, 0.4) is 0 Å². The number of likely N-dealkylation sites (N-methyl/N-ethyl adjacent to an activating group) is 1. The molecule has 0 aliphatic carbocycles. The Hall–Kier alpha value is -2.23. The Morgan fingerprint density at radius 3 is 2.71 bits per heavy atom. The number of thiocarbonyl (C=S) groups is 1. The predicted octanol–water partition coefficient (Wildman–Crippen LogP) is 2.06. The fourth-order valence-corrected chi connectivity index (χ4v) is 4.66. The standard InChI is InChI=1S/C19H20N4O3S2/c1-3-22-18(25)14(28-19(22)27)10-13-16(21-6-8-26-9-7-21)20-15-5-4-12(2)11-23(15)17(13)24/h4-5,10-11H,3,6-9H2,1-2H3/b14-10-. The first-order valence-electron chi connectivity index (χ1n) is 9.10. The molecule has 0 radical (unpaired) electrons. The van der Waals surface area contributed by atoms with Crippen LogP contribution in [-0.4, -0.2) is 57.4 Å². The van der Waals surface area contributed by atoms with Crippen LogP contribution in [0.5, 0.6) is 0 Å². The number of nitrogens with zero attached hydrogens (tertiary/aromatic N) is 4. The fraction of sp³-hybridized carbons (Fsp3) is 0.368. The normalized spacial score (nSPS) is 19.3. The van der Waals surface area contributed by atoms with Crippen LogP contribution in [0.4, 0.5) is 5.82 Å². The zero-order valence-corrected chi connectivity index (χ0v) is 17.3. The van der Waals surface area contributed by atoms with Crippen molar-refractivity contribution in [3.05, 3.63) is 44.7 Å². The van der Waals surface area contributed by atoms with Gasteiger partial charge in [0.25, 0.3) is 11.5 Å². The second-order valence-electron chi connectivity index (χ2n) is 6.61. The lowest BCUT2D eigenvalue weighted by Crippen LogP contribution is -2.38. The third kappa shape index (κ3) is 3.34. The maximum Gasteiger partial charge on any atom is 0.267 e. The van der Waals surface area contributed by atoms with Crippen LogP contribution in [0.1, 0.15) is 18.1 Å². The van der Waals surface area contributed by atoms with Gasteiger partial charge in [0.2, 0.25) is 0 Å². The number of hydrogen-bond acceptors (Lipinski definition) is 7. The molecule has 7 nitrogen and oxygen atoms in total. The summed E-state index contributed by atoms with van der Waals surface area (Å²) in [5.74, 6) is 0.415. The number of pyridine rings is 1. The van der Waals surface area contributed by atoms with Crippen molar-refractivity contribution in [2.45, 2.75) is 13.8 Å². The van der Waals surface area contributed by atoms with Crippen molar-refractivity contribution in [1.29, 1.82) is 0 Å². The summed E-state index contributed by atoms with van der Waals surface area (Å²) in [7, 11) is 0. The Kier molecular flexibility index (Phi) is 5.22. The van der Waals surface area contributed by atoms with E-state index in [0.29, 0.717) is 59.1 Å². The quantitative estimate of drug-likeness (QED) is 0.560. The van der Waals surface area contributed by atoms with Crippen LogP contribution >= 0.6 is 24.0 Å². The van der Waals surface area contributed by atoms with E-state index in [2.05, 4.69) is 0 Å². The number of carbonyl (C=O) groups is 1. The van der Waals surface area contributed by atoms with Gasteiger partial charge in [0, 0.05) is 25.8 Å². The molecule has 0 aromatic carbocycles. The monoisotopic (exact) mass is 416 g/mol. The van der Waals surface area contributed by atoms with Crippen molar-refractivity contribution in [1.82, 2.24) is 14.3 Å². The van der Waals surface area contributed by atoms with E-state index in [-0.39, 0.29) is 11.5 Å². The number of carbonyl (C=O) groups excluding carboxylic acids is 1. The number of amides is 1. The van der Waals surface area contributed by atoms with Crippen LogP contribution in [0.15, 0.2) is 28.0 Å². The Morgan fingerprint density at radius 1 is 1.29 bits per heavy atom. The van der Waals surface area contributed by atoms with Gasteiger partial charge >= 0.3 is 0 Å². The summed E-state index contributed by atoms with van der Waals surface area (Å²) in [6, 6.07) is 3.76. The topological polar surface area (TPSA) is 67.2 Å². The molecule has 2 aromatic heterocycles. The van der Waals surface area contributed by atoms with Gasteiger partial charge in [-0.3, -0.25) is 18.9 Å². The van der Waals surface area contributed by atoms with Crippen LogP contribution in [-0.2, 0) is 9.53 Å². The molecule has 0 N–H and O–H groups in total. The van der Waals surface area contributed by atoms with E-state index in [1.54, 1.807) is 12.3 Å². The largest absolute Gasteiger partial charge is 0.378 e. The minimum Gasteiger partial charge on any atom is -0.378 e. The molecule has 0 spiro atoms. The molecule has 0 bridgehead atoms. The minimum absolute atomic E-state index is 0.167. The Morgan fingerprint density at radius 2 is 2.04 bits per heavy atom. The Labute approximate surface area is 172 Å². The summed E-state index contributed by atoms with van der Waals surface area (Å²) >= 11 is 6.52. The van der Waals surface area contributed by atoms with Crippen molar-refractivity contribution in [2.24, 2.45) is 0 Å². The second kappa shape index (κ2) is 7.65. The van der Waals surface area contributed by atoms with Gasteiger partial charge in [-0.2, -0.15) is 0 Å². The number of thioether (sulfide) groups is 1. The zero-order valence-electron chi connectivity index (χ0n) is 15.7. The molecule has 2 aliphatic heterocycles. The summed E-state index contributed by atoms with van der Waals surface area (Å²) in [6.45, 7) is 6.75. The smallest absolute Gasteiger partial charge is 0.267 e. The first kappa shape index (κ1) is 19.1. The van der Waals surface area contributed by atoms with E-state index < -0.39 is 0 Å². The van der Waals surface area contributed by atoms with Gasteiger partial charge in [-0.1, -0.05) is 30.0 Å². The van der Waals surface area contributed by atoms with Gasteiger partial charge in [-0.15, -0.1) is 0 Å². The van der Waals surface area contributed by atoms with Gasteiger partial charge in [0.15, 0.2) is 0 Å². The third-order valence-corrected chi connectivity index (χ3v) is 6.14. The lowest BCUT2D eigenvalue weighted by Gasteiger charge is -2.29. The van der Waals surface area contributed by atoms with Crippen molar-refractivity contribution in [3.8, 4) is 0 Å². The van der Waals surface area contributed by atoms with E-state index in [9.17, 15) is 9.59 Å². The average molecular weight is 417 g/mol. The van der Waals surface area contributed by atoms with Crippen LogP contribution in [0, 0.1) is 6.92 Å².